The molecule has 0 radical (unpaired) electrons. The van der Waals surface area contributed by atoms with E-state index in [2.05, 4.69) is 14.7 Å². The van der Waals surface area contributed by atoms with Gasteiger partial charge in [-0.1, -0.05) is 12.1 Å². The fourth-order valence-electron chi connectivity index (χ4n) is 1.86. The second-order valence-corrected chi connectivity index (χ2v) is 5.87. The Hall–Kier alpha value is -1.90. The van der Waals surface area contributed by atoms with Gasteiger partial charge in [-0.25, -0.2) is 4.98 Å². The summed E-state index contributed by atoms with van der Waals surface area (Å²) >= 11 is 0. The number of aromatic nitrogens is 2. The monoisotopic (exact) mass is 295 g/mol. The summed E-state index contributed by atoms with van der Waals surface area (Å²) in [6, 6.07) is 6.85. The highest BCUT2D eigenvalue weighted by Gasteiger charge is 2.19. The fraction of sp³-hybridized carbons (Fsp3) is 0.250. The summed E-state index contributed by atoms with van der Waals surface area (Å²) in [4.78, 5) is 6.24. The lowest BCUT2D eigenvalue weighted by molar-refractivity contribution is -0.0441. The summed E-state index contributed by atoms with van der Waals surface area (Å²) in [6.45, 7) is 1.14. The van der Waals surface area contributed by atoms with Gasteiger partial charge >= 0.3 is 0 Å². The molecule has 0 bridgehead atoms. The maximum Gasteiger partial charge on any atom is 0.278 e. The minimum Gasteiger partial charge on any atom is -0.346 e. The van der Waals surface area contributed by atoms with E-state index in [0.717, 1.165) is 5.56 Å². The van der Waals surface area contributed by atoms with Gasteiger partial charge in [0.15, 0.2) is 11.3 Å². The van der Waals surface area contributed by atoms with E-state index in [-0.39, 0.29) is 11.3 Å². The zero-order chi connectivity index (χ0) is 14.0. The van der Waals surface area contributed by atoms with Crippen LogP contribution >= 0.6 is 0 Å². The maximum atomic E-state index is 12.0. The molecule has 8 heteroatoms. The SMILES string of the molecule is O=S(=O)(Nc1ccc(C2OCCO2)cc1)c1cnc[nH]1. The first kappa shape index (κ1) is 13.1. The van der Waals surface area contributed by atoms with Crippen LogP contribution in [0.25, 0.3) is 0 Å². The minimum atomic E-state index is -3.63. The highest BCUT2D eigenvalue weighted by Crippen LogP contribution is 2.24. The Kier molecular flexibility index (Phi) is 3.43. The minimum absolute atomic E-state index is 0.0176. The van der Waals surface area contributed by atoms with Crippen LogP contribution in [0, 0.1) is 0 Å². The molecule has 1 fully saturated rings. The van der Waals surface area contributed by atoms with Crippen molar-refractivity contribution < 1.29 is 17.9 Å². The first-order chi connectivity index (χ1) is 9.65. The topological polar surface area (TPSA) is 93.3 Å². The third-order valence-corrected chi connectivity index (χ3v) is 4.13. The van der Waals surface area contributed by atoms with Crippen LogP contribution < -0.4 is 4.72 Å². The Morgan fingerprint density at radius 2 is 1.90 bits per heavy atom. The summed E-state index contributed by atoms with van der Waals surface area (Å²) in [6.07, 6.45) is 2.19. The van der Waals surface area contributed by atoms with Gasteiger partial charge in [0.05, 0.1) is 25.7 Å². The lowest BCUT2D eigenvalue weighted by Gasteiger charge is -2.11. The predicted octanol–water partition coefficient (Wildman–Crippen LogP) is 1.26. The molecule has 7 nitrogen and oxygen atoms in total. The molecule has 1 saturated heterocycles. The van der Waals surface area contributed by atoms with Gasteiger partial charge < -0.3 is 14.5 Å². The Balaban J connectivity index is 1.75. The summed E-state index contributed by atoms with van der Waals surface area (Å²) in [7, 11) is -3.63. The van der Waals surface area contributed by atoms with Gasteiger partial charge in [0, 0.05) is 11.3 Å². The molecule has 2 aromatic rings. The quantitative estimate of drug-likeness (QED) is 0.885. The van der Waals surface area contributed by atoms with Crippen LogP contribution in [0.15, 0.2) is 41.8 Å². The molecule has 1 aromatic heterocycles. The number of sulfonamides is 1. The number of hydrogen-bond acceptors (Lipinski definition) is 5. The first-order valence-corrected chi connectivity index (χ1v) is 7.48. The van der Waals surface area contributed by atoms with Crippen molar-refractivity contribution in [1.29, 1.82) is 0 Å². The van der Waals surface area contributed by atoms with Crippen LogP contribution in [0.1, 0.15) is 11.9 Å². The van der Waals surface area contributed by atoms with Crippen molar-refractivity contribution in [2.75, 3.05) is 17.9 Å². The van der Waals surface area contributed by atoms with E-state index < -0.39 is 10.0 Å². The standard InChI is InChI=1S/C12H13N3O4S/c16-20(17,11-7-13-8-14-11)15-10-3-1-9(2-4-10)12-18-5-6-19-12/h1-4,7-8,12,15H,5-6H2,(H,13,14). The lowest BCUT2D eigenvalue weighted by Crippen LogP contribution is -2.13. The van der Waals surface area contributed by atoms with Crippen LogP contribution in [-0.2, 0) is 19.5 Å². The summed E-state index contributed by atoms with van der Waals surface area (Å²) < 4.78 is 37.1. The van der Waals surface area contributed by atoms with Gasteiger partial charge in [-0.15, -0.1) is 0 Å². The van der Waals surface area contributed by atoms with Crippen molar-refractivity contribution in [2.45, 2.75) is 11.3 Å². The number of H-pyrrole nitrogens is 1. The highest BCUT2D eigenvalue weighted by molar-refractivity contribution is 7.92. The van der Waals surface area contributed by atoms with Crippen molar-refractivity contribution in [3.63, 3.8) is 0 Å². The van der Waals surface area contributed by atoms with Gasteiger partial charge in [0.25, 0.3) is 10.0 Å². The summed E-state index contributed by atoms with van der Waals surface area (Å²) in [5.41, 5.74) is 1.31. The molecule has 2 heterocycles. The average Bonchev–Trinajstić information content (AvgIpc) is 3.13. The Morgan fingerprint density at radius 1 is 1.20 bits per heavy atom. The number of nitrogens with one attached hydrogen (secondary N) is 2. The molecule has 0 amide bonds. The summed E-state index contributed by atoms with van der Waals surface area (Å²) in [5, 5.41) is 0.0176. The van der Waals surface area contributed by atoms with Crippen LogP contribution in [0.3, 0.4) is 0 Å². The van der Waals surface area contributed by atoms with E-state index in [9.17, 15) is 8.42 Å². The second kappa shape index (κ2) is 5.23. The molecule has 0 aliphatic carbocycles. The fourth-order valence-corrected chi connectivity index (χ4v) is 2.82. The molecule has 1 aliphatic heterocycles. The van der Waals surface area contributed by atoms with Crippen LogP contribution in [-0.4, -0.2) is 31.6 Å². The predicted molar refractivity (Wildman–Crippen MR) is 70.5 cm³/mol. The van der Waals surface area contributed by atoms with E-state index >= 15 is 0 Å². The highest BCUT2D eigenvalue weighted by atomic mass is 32.2. The molecule has 20 heavy (non-hydrogen) atoms. The second-order valence-electron chi connectivity index (χ2n) is 4.22. The van der Waals surface area contributed by atoms with E-state index in [1.54, 1.807) is 24.3 Å². The van der Waals surface area contributed by atoms with E-state index in [4.69, 9.17) is 9.47 Å². The molecule has 106 valence electrons. The van der Waals surface area contributed by atoms with Gasteiger partial charge in [0.2, 0.25) is 0 Å². The molecule has 2 N–H and O–H groups in total. The van der Waals surface area contributed by atoms with Crippen molar-refractivity contribution in [3.05, 3.63) is 42.4 Å². The smallest absolute Gasteiger partial charge is 0.278 e. The van der Waals surface area contributed by atoms with Gasteiger partial charge in [-0.05, 0) is 12.1 Å². The summed E-state index contributed by atoms with van der Waals surface area (Å²) in [5.74, 6) is 0. The average molecular weight is 295 g/mol. The van der Waals surface area contributed by atoms with Gasteiger partial charge in [0.1, 0.15) is 0 Å². The number of nitrogens with zero attached hydrogens (tertiary/aromatic N) is 1. The molecule has 0 unspecified atom stereocenters. The Labute approximate surface area is 116 Å². The largest absolute Gasteiger partial charge is 0.346 e. The molecule has 0 saturated carbocycles. The number of anilines is 1. The molecule has 0 atom stereocenters. The van der Waals surface area contributed by atoms with Crippen LogP contribution in [0.5, 0.6) is 0 Å². The molecular weight excluding hydrogens is 282 g/mol. The first-order valence-electron chi connectivity index (χ1n) is 5.99. The zero-order valence-electron chi connectivity index (χ0n) is 10.4. The van der Waals surface area contributed by atoms with Crippen molar-refractivity contribution in [3.8, 4) is 0 Å². The third kappa shape index (κ3) is 2.67. The maximum absolute atomic E-state index is 12.0. The van der Waals surface area contributed by atoms with Crippen LogP contribution in [0.4, 0.5) is 5.69 Å². The Morgan fingerprint density at radius 3 is 2.50 bits per heavy atom. The van der Waals surface area contributed by atoms with Gasteiger partial charge in [-0.3, -0.25) is 4.72 Å². The number of imidazole rings is 1. The van der Waals surface area contributed by atoms with Crippen molar-refractivity contribution in [1.82, 2.24) is 9.97 Å². The van der Waals surface area contributed by atoms with Crippen molar-refractivity contribution >= 4 is 15.7 Å². The molecule has 0 spiro atoms. The normalized spacial score (nSPS) is 16.4. The molecular formula is C12H13N3O4S. The van der Waals surface area contributed by atoms with Crippen LogP contribution in [0.2, 0.25) is 0 Å². The number of rotatable bonds is 4. The molecule has 3 rings (SSSR count). The number of hydrogen-bond donors (Lipinski definition) is 2. The zero-order valence-corrected chi connectivity index (χ0v) is 11.3. The molecule has 1 aromatic carbocycles. The van der Waals surface area contributed by atoms with Crippen molar-refractivity contribution in [2.24, 2.45) is 0 Å². The van der Waals surface area contributed by atoms with E-state index in [0.29, 0.717) is 18.9 Å². The number of ether oxygens (including phenoxy) is 2. The third-order valence-electron chi connectivity index (χ3n) is 2.82. The van der Waals surface area contributed by atoms with E-state index in [1.165, 1.54) is 12.5 Å². The molecule has 1 aliphatic rings. The van der Waals surface area contributed by atoms with Gasteiger partial charge in [-0.2, -0.15) is 8.42 Å². The number of benzene rings is 1. The Bertz CT molecular complexity index is 661. The van der Waals surface area contributed by atoms with E-state index in [1.807, 2.05) is 0 Å². The number of aromatic amines is 1. The lowest BCUT2D eigenvalue weighted by atomic mass is 10.2.